The van der Waals surface area contributed by atoms with Crippen molar-refractivity contribution in [3.8, 4) is 5.75 Å². The zero-order chi connectivity index (χ0) is 22.6. The van der Waals surface area contributed by atoms with E-state index in [0.29, 0.717) is 13.1 Å². The molecule has 1 amide bonds. The Bertz CT molecular complexity index is 1150. The number of carbonyl (C=O) groups is 1. The molecule has 0 aliphatic carbocycles. The summed E-state index contributed by atoms with van der Waals surface area (Å²) in [6, 6.07) is 20.2. The predicted octanol–water partition coefficient (Wildman–Crippen LogP) is 4.21. The maximum atomic E-state index is 13.1. The van der Waals surface area contributed by atoms with Crippen LogP contribution in [0.25, 0.3) is 6.08 Å². The Morgan fingerprint density at radius 1 is 0.970 bits per heavy atom. The molecule has 6 nitrogen and oxygen atoms in total. The second kappa shape index (κ2) is 9.46. The van der Waals surface area contributed by atoms with E-state index in [-0.39, 0.29) is 5.91 Å². The minimum absolute atomic E-state index is 0.0931. The van der Waals surface area contributed by atoms with Crippen LogP contribution in [0.4, 0.5) is 11.4 Å². The molecule has 0 atom stereocenters. The summed E-state index contributed by atoms with van der Waals surface area (Å²) >= 11 is 0. The number of piperazine rings is 1. The van der Waals surface area contributed by atoms with E-state index in [1.165, 1.54) is 11.3 Å². The minimum atomic E-state index is 0.0931. The fraction of sp³-hybridized carbons (Fsp3) is 0.259. The van der Waals surface area contributed by atoms with Crippen molar-refractivity contribution in [2.75, 3.05) is 44.7 Å². The molecule has 0 spiro atoms. The summed E-state index contributed by atoms with van der Waals surface area (Å²) in [6.45, 7) is 4.61. The van der Waals surface area contributed by atoms with Gasteiger partial charge >= 0.3 is 0 Å². The van der Waals surface area contributed by atoms with Crippen molar-refractivity contribution in [1.82, 2.24) is 14.8 Å². The van der Waals surface area contributed by atoms with Gasteiger partial charge in [-0.2, -0.15) is 0 Å². The first-order valence-corrected chi connectivity index (χ1v) is 11.4. The third-order valence-electron chi connectivity index (χ3n) is 6.34. The first kappa shape index (κ1) is 21.2. The number of ether oxygens (including phenoxy) is 1. The molecule has 0 bridgehead atoms. The van der Waals surface area contributed by atoms with Crippen LogP contribution in [0.3, 0.4) is 0 Å². The van der Waals surface area contributed by atoms with Gasteiger partial charge in [0.15, 0.2) is 0 Å². The number of nitrogens with zero attached hydrogens (tertiary/aromatic N) is 4. The number of hydrogen-bond donors (Lipinski definition) is 0. The SMILES string of the molecule is COc1cccnc1CN1CCN(C(=O)c2ccc(N3CC=Cc4ccccc43)cc2)CC1. The van der Waals surface area contributed by atoms with Crippen LogP contribution in [0, 0.1) is 0 Å². The van der Waals surface area contributed by atoms with Crippen LogP contribution in [0.2, 0.25) is 0 Å². The van der Waals surface area contributed by atoms with Crippen molar-refractivity contribution in [3.05, 3.63) is 89.8 Å². The Hall–Kier alpha value is -3.64. The van der Waals surface area contributed by atoms with Crippen LogP contribution >= 0.6 is 0 Å². The molecule has 2 aliphatic heterocycles. The maximum Gasteiger partial charge on any atom is 0.253 e. The van der Waals surface area contributed by atoms with Gasteiger partial charge in [0, 0.05) is 62.4 Å². The Morgan fingerprint density at radius 3 is 2.55 bits per heavy atom. The van der Waals surface area contributed by atoms with Gasteiger partial charge in [-0.15, -0.1) is 0 Å². The number of benzene rings is 2. The lowest BCUT2D eigenvalue weighted by atomic mass is 10.1. The van der Waals surface area contributed by atoms with Crippen molar-refractivity contribution in [2.45, 2.75) is 6.54 Å². The number of fused-ring (bicyclic) bond motifs is 1. The molecule has 1 fully saturated rings. The molecular weight excluding hydrogens is 412 g/mol. The van der Waals surface area contributed by atoms with E-state index >= 15 is 0 Å². The van der Waals surface area contributed by atoms with E-state index in [9.17, 15) is 4.79 Å². The third kappa shape index (κ3) is 4.47. The molecule has 3 heterocycles. The summed E-state index contributed by atoms with van der Waals surface area (Å²) in [5, 5.41) is 0. The summed E-state index contributed by atoms with van der Waals surface area (Å²) in [6.07, 6.45) is 6.12. The van der Waals surface area contributed by atoms with E-state index < -0.39 is 0 Å². The molecule has 2 aliphatic rings. The summed E-state index contributed by atoms with van der Waals surface area (Å²) in [5.74, 6) is 0.901. The summed E-state index contributed by atoms with van der Waals surface area (Å²) in [7, 11) is 1.67. The summed E-state index contributed by atoms with van der Waals surface area (Å²) < 4.78 is 5.42. The summed E-state index contributed by atoms with van der Waals surface area (Å²) in [4.78, 5) is 24.1. The van der Waals surface area contributed by atoms with Gasteiger partial charge in [0.1, 0.15) is 5.75 Å². The fourth-order valence-electron chi connectivity index (χ4n) is 4.52. The highest BCUT2D eigenvalue weighted by atomic mass is 16.5. The van der Waals surface area contributed by atoms with E-state index in [2.05, 4.69) is 51.2 Å². The van der Waals surface area contributed by atoms with Crippen molar-refractivity contribution in [1.29, 1.82) is 0 Å². The zero-order valence-electron chi connectivity index (χ0n) is 18.9. The molecule has 1 saturated heterocycles. The van der Waals surface area contributed by atoms with Gasteiger partial charge in [-0.1, -0.05) is 30.4 Å². The van der Waals surface area contributed by atoms with Gasteiger partial charge < -0.3 is 14.5 Å². The van der Waals surface area contributed by atoms with Crippen LogP contribution in [-0.2, 0) is 6.54 Å². The van der Waals surface area contributed by atoms with E-state index in [0.717, 1.165) is 48.9 Å². The van der Waals surface area contributed by atoms with Gasteiger partial charge in [0.2, 0.25) is 0 Å². The molecule has 3 aromatic rings. The molecule has 2 aromatic carbocycles. The highest BCUT2D eigenvalue weighted by Gasteiger charge is 2.23. The maximum absolute atomic E-state index is 13.1. The zero-order valence-corrected chi connectivity index (χ0v) is 18.9. The Morgan fingerprint density at radius 2 is 1.76 bits per heavy atom. The number of amides is 1. The molecule has 33 heavy (non-hydrogen) atoms. The lowest BCUT2D eigenvalue weighted by molar-refractivity contribution is 0.0626. The number of para-hydroxylation sites is 1. The Kier molecular flexibility index (Phi) is 6.09. The highest BCUT2D eigenvalue weighted by Crippen LogP contribution is 2.32. The van der Waals surface area contributed by atoms with Crippen molar-refractivity contribution >= 4 is 23.4 Å². The quantitative estimate of drug-likeness (QED) is 0.595. The topological polar surface area (TPSA) is 48.9 Å². The molecular formula is C27H28N4O2. The van der Waals surface area contributed by atoms with Gasteiger partial charge in [0.05, 0.1) is 12.8 Å². The fourth-order valence-corrected chi connectivity index (χ4v) is 4.52. The van der Waals surface area contributed by atoms with E-state index in [1.807, 2.05) is 41.3 Å². The average molecular weight is 441 g/mol. The lowest BCUT2D eigenvalue weighted by Crippen LogP contribution is -2.48. The van der Waals surface area contributed by atoms with E-state index in [4.69, 9.17) is 4.74 Å². The van der Waals surface area contributed by atoms with Crippen LogP contribution in [0.15, 0.2) is 72.9 Å². The Labute approximate surface area is 194 Å². The molecule has 0 radical (unpaired) electrons. The van der Waals surface area contributed by atoms with E-state index in [1.54, 1.807) is 13.3 Å². The third-order valence-corrected chi connectivity index (χ3v) is 6.34. The molecule has 0 N–H and O–H groups in total. The second-order valence-corrected chi connectivity index (χ2v) is 8.34. The first-order valence-electron chi connectivity index (χ1n) is 11.4. The summed E-state index contributed by atoms with van der Waals surface area (Å²) in [5.41, 5.74) is 5.17. The number of aromatic nitrogens is 1. The first-order chi connectivity index (χ1) is 16.2. The number of pyridine rings is 1. The number of anilines is 2. The van der Waals surface area contributed by atoms with Crippen LogP contribution < -0.4 is 9.64 Å². The predicted molar refractivity (Wildman–Crippen MR) is 131 cm³/mol. The van der Waals surface area contributed by atoms with Crippen LogP contribution in [0.1, 0.15) is 21.6 Å². The lowest BCUT2D eigenvalue weighted by Gasteiger charge is -2.34. The minimum Gasteiger partial charge on any atom is -0.495 e. The highest BCUT2D eigenvalue weighted by molar-refractivity contribution is 5.95. The van der Waals surface area contributed by atoms with Crippen molar-refractivity contribution in [3.63, 3.8) is 0 Å². The van der Waals surface area contributed by atoms with Crippen molar-refractivity contribution in [2.24, 2.45) is 0 Å². The van der Waals surface area contributed by atoms with Crippen molar-refractivity contribution < 1.29 is 9.53 Å². The number of methoxy groups -OCH3 is 1. The molecule has 1 aromatic heterocycles. The number of hydrogen-bond acceptors (Lipinski definition) is 5. The van der Waals surface area contributed by atoms with Gasteiger partial charge in [-0.25, -0.2) is 0 Å². The molecule has 0 saturated carbocycles. The normalized spacial score (nSPS) is 15.9. The van der Waals surface area contributed by atoms with Crippen LogP contribution in [-0.4, -0.2) is 60.5 Å². The van der Waals surface area contributed by atoms with Gasteiger partial charge in [-0.05, 0) is 48.0 Å². The molecule has 168 valence electrons. The molecule has 6 heteroatoms. The number of rotatable bonds is 5. The average Bonchev–Trinajstić information content (AvgIpc) is 2.89. The Balaban J connectivity index is 1.21. The number of carbonyl (C=O) groups excluding carboxylic acids is 1. The van der Waals surface area contributed by atoms with Gasteiger partial charge in [-0.3, -0.25) is 14.7 Å². The second-order valence-electron chi connectivity index (χ2n) is 8.34. The molecule has 0 unspecified atom stereocenters. The molecule has 5 rings (SSSR count). The standard InChI is InChI=1S/C27H28N4O2/c1-33-26-9-4-14-28-24(26)20-29-16-18-30(19-17-29)27(32)22-10-12-23(13-11-22)31-15-5-7-21-6-2-3-8-25(21)31/h2-14H,15-20H2,1H3. The van der Waals surface area contributed by atoms with Crippen LogP contribution in [0.5, 0.6) is 5.75 Å². The smallest absolute Gasteiger partial charge is 0.253 e. The monoisotopic (exact) mass is 440 g/mol. The van der Waals surface area contributed by atoms with Gasteiger partial charge in [0.25, 0.3) is 5.91 Å². The largest absolute Gasteiger partial charge is 0.495 e.